The Morgan fingerprint density at radius 2 is 2.11 bits per heavy atom. The van der Waals surface area contributed by atoms with Crippen molar-refractivity contribution in [2.24, 2.45) is 5.41 Å². The minimum absolute atomic E-state index is 0.103. The molecule has 0 saturated heterocycles. The van der Waals surface area contributed by atoms with Gasteiger partial charge >= 0.3 is 5.97 Å². The van der Waals surface area contributed by atoms with E-state index in [1.54, 1.807) is 0 Å². The van der Waals surface area contributed by atoms with Crippen molar-refractivity contribution in [1.29, 1.82) is 0 Å². The lowest BCUT2D eigenvalue weighted by Gasteiger charge is -2.36. The maximum Gasteiger partial charge on any atom is 0.303 e. The number of carboxylic acid groups (broad SMARTS) is 1. The fourth-order valence-electron chi connectivity index (χ4n) is 2.71. The molecule has 0 spiro atoms. The third-order valence-electron chi connectivity index (χ3n) is 3.71. The van der Waals surface area contributed by atoms with Gasteiger partial charge in [0, 0.05) is 6.54 Å². The molecule has 1 fully saturated rings. The molecule has 0 bridgehead atoms. The van der Waals surface area contributed by atoms with Crippen LogP contribution < -0.4 is 5.32 Å². The minimum atomic E-state index is -0.808. The van der Waals surface area contributed by atoms with Gasteiger partial charge in [0.25, 0.3) is 5.91 Å². The number of aliphatic carboxylic acids is 1. The van der Waals surface area contributed by atoms with Gasteiger partial charge in [-0.3, -0.25) is 9.59 Å². The van der Waals surface area contributed by atoms with Crippen LogP contribution in [0.15, 0.2) is 6.20 Å². The Morgan fingerprint density at radius 3 is 2.68 bits per heavy atom. The van der Waals surface area contributed by atoms with Crippen LogP contribution in [0, 0.1) is 5.41 Å². The second kappa shape index (κ2) is 5.81. The first-order valence-electron chi connectivity index (χ1n) is 6.47. The van der Waals surface area contributed by atoms with Crippen molar-refractivity contribution in [3.8, 4) is 0 Å². The van der Waals surface area contributed by atoms with Gasteiger partial charge < -0.3 is 10.4 Å². The molecule has 104 valence electrons. The summed E-state index contributed by atoms with van der Waals surface area (Å²) in [7, 11) is 0. The van der Waals surface area contributed by atoms with Crippen LogP contribution in [0.5, 0.6) is 0 Å². The number of hydrogen-bond donors (Lipinski definition) is 3. The number of nitrogens with one attached hydrogen (secondary N) is 2. The molecule has 7 heteroatoms. The zero-order chi connectivity index (χ0) is 13.7. The Kier molecular flexibility index (Phi) is 4.13. The second-order valence-corrected chi connectivity index (χ2v) is 5.17. The van der Waals surface area contributed by atoms with Gasteiger partial charge in [-0.15, -0.1) is 0 Å². The molecule has 0 unspecified atom stereocenters. The number of aromatic nitrogens is 3. The van der Waals surface area contributed by atoms with E-state index >= 15 is 0 Å². The lowest BCUT2D eigenvalue weighted by Crippen LogP contribution is -2.40. The van der Waals surface area contributed by atoms with Crippen molar-refractivity contribution in [2.75, 3.05) is 6.54 Å². The van der Waals surface area contributed by atoms with Gasteiger partial charge in [-0.25, -0.2) is 0 Å². The van der Waals surface area contributed by atoms with Crippen LogP contribution in [0.4, 0.5) is 0 Å². The van der Waals surface area contributed by atoms with Crippen molar-refractivity contribution in [1.82, 2.24) is 20.7 Å². The highest BCUT2D eigenvalue weighted by Gasteiger charge is 2.34. The van der Waals surface area contributed by atoms with Crippen LogP contribution in [0.3, 0.4) is 0 Å². The first-order valence-corrected chi connectivity index (χ1v) is 6.47. The van der Waals surface area contributed by atoms with Crippen molar-refractivity contribution in [2.45, 2.75) is 38.5 Å². The highest BCUT2D eigenvalue weighted by molar-refractivity contribution is 5.91. The summed E-state index contributed by atoms with van der Waals surface area (Å²) in [6.07, 6.45) is 6.32. The van der Waals surface area contributed by atoms with Crippen LogP contribution in [0.1, 0.15) is 49.0 Å². The Bertz CT molecular complexity index is 438. The molecule has 1 aromatic heterocycles. The Hall–Kier alpha value is -1.92. The molecule has 1 aromatic rings. The normalized spacial score (nSPS) is 17.9. The first-order chi connectivity index (χ1) is 9.11. The molecule has 1 aliphatic carbocycles. The molecule has 1 amide bonds. The van der Waals surface area contributed by atoms with Crippen molar-refractivity contribution < 1.29 is 14.7 Å². The Morgan fingerprint density at radius 1 is 1.37 bits per heavy atom. The number of carboxylic acids is 1. The van der Waals surface area contributed by atoms with Gasteiger partial charge in [0.15, 0.2) is 5.69 Å². The van der Waals surface area contributed by atoms with E-state index in [4.69, 9.17) is 5.11 Å². The zero-order valence-corrected chi connectivity index (χ0v) is 10.7. The van der Waals surface area contributed by atoms with Crippen LogP contribution in [0.25, 0.3) is 0 Å². The maximum atomic E-state index is 11.8. The van der Waals surface area contributed by atoms with E-state index in [1.807, 2.05) is 0 Å². The van der Waals surface area contributed by atoms with E-state index in [0.717, 1.165) is 32.1 Å². The Balaban J connectivity index is 1.96. The molecule has 3 N–H and O–H groups in total. The van der Waals surface area contributed by atoms with Crippen molar-refractivity contribution >= 4 is 11.9 Å². The summed E-state index contributed by atoms with van der Waals surface area (Å²) in [5.74, 6) is -1.12. The number of H-pyrrole nitrogens is 1. The van der Waals surface area contributed by atoms with E-state index in [1.165, 1.54) is 6.20 Å². The molecule has 0 aromatic carbocycles. The quantitative estimate of drug-likeness (QED) is 0.735. The number of rotatable bonds is 5. The van der Waals surface area contributed by atoms with E-state index in [0.29, 0.717) is 6.54 Å². The van der Waals surface area contributed by atoms with E-state index in [2.05, 4.69) is 20.7 Å². The average Bonchev–Trinajstić information content (AvgIpc) is 2.90. The van der Waals surface area contributed by atoms with Gasteiger partial charge in [-0.2, -0.15) is 15.4 Å². The lowest BCUT2D eigenvalue weighted by atomic mass is 9.71. The molecule has 0 atom stereocenters. The summed E-state index contributed by atoms with van der Waals surface area (Å²) < 4.78 is 0. The summed E-state index contributed by atoms with van der Waals surface area (Å²) >= 11 is 0. The molecule has 1 heterocycles. The molecule has 1 aliphatic rings. The van der Waals surface area contributed by atoms with Crippen LogP contribution in [-0.2, 0) is 4.79 Å². The van der Waals surface area contributed by atoms with Crippen molar-refractivity contribution in [3.63, 3.8) is 0 Å². The third-order valence-corrected chi connectivity index (χ3v) is 3.71. The van der Waals surface area contributed by atoms with Crippen molar-refractivity contribution in [3.05, 3.63) is 11.9 Å². The summed E-state index contributed by atoms with van der Waals surface area (Å²) in [6, 6.07) is 0. The van der Waals surface area contributed by atoms with Gasteiger partial charge in [0.05, 0.1) is 12.6 Å². The molecular formula is C12H18N4O3. The summed E-state index contributed by atoms with van der Waals surface area (Å²) in [5, 5.41) is 21.5. The SMILES string of the molecule is O=C(O)CC1(CNC(=O)c2cn[nH]n2)CCCCC1. The highest BCUT2D eigenvalue weighted by Crippen LogP contribution is 2.38. The van der Waals surface area contributed by atoms with Gasteiger partial charge in [0.2, 0.25) is 0 Å². The van der Waals surface area contributed by atoms with Crippen LogP contribution in [0.2, 0.25) is 0 Å². The molecular weight excluding hydrogens is 248 g/mol. The molecule has 7 nitrogen and oxygen atoms in total. The smallest absolute Gasteiger partial charge is 0.303 e. The molecule has 19 heavy (non-hydrogen) atoms. The number of amides is 1. The van der Waals surface area contributed by atoms with E-state index < -0.39 is 5.97 Å². The predicted molar refractivity (Wildman–Crippen MR) is 66.5 cm³/mol. The fraction of sp³-hybridized carbons (Fsp3) is 0.667. The standard InChI is InChI=1S/C12H18N4O3/c17-10(18)6-12(4-2-1-3-5-12)8-13-11(19)9-7-14-16-15-9/h7H,1-6,8H2,(H,13,19)(H,17,18)(H,14,15,16). The number of hydrogen-bond acceptors (Lipinski definition) is 4. The maximum absolute atomic E-state index is 11.8. The largest absolute Gasteiger partial charge is 0.481 e. The Labute approximate surface area is 110 Å². The zero-order valence-electron chi connectivity index (χ0n) is 10.7. The molecule has 1 saturated carbocycles. The van der Waals surface area contributed by atoms with Crippen LogP contribution >= 0.6 is 0 Å². The lowest BCUT2D eigenvalue weighted by molar-refractivity contribution is -0.140. The topological polar surface area (TPSA) is 108 Å². The minimum Gasteiger partial charge on any atom is -0.481 e. The predicted octanol–water partition coefficient (Wildman–Crippen LogP) is 0.960. The van der Waals surface area contributed by atoms with Gasteiger partial charge in [-0.1, -0.05) is 19.3 Å². The number of nitrogens with zero attached hydrogens (tertiary/aromatic N) is 2. The van der Waals surface area contributed by atoms with Crippen LogP contribution in [-0.4, -0.2) is 38.9 Å². The number of carbonyl (C=O) groups excluding carboxylic acids is 1. The molecule has 2 rings (SSSR count). The first kappa shape index (κ1) is 13.5. The average molecular weight is 266 g/mol. The number of carbonyl (C=O) groups is 2. The summed E-state index contributed by atoms with van der Waals surface area (Å²) in [4.78, 5) is 22.8. The summed E-state index contributed by atoms with van der Waals surface area (Å²) in [5.41, 5.74) is -0.0926. The highest BCUT2D eigenvalue weighted by atomic mass is 16.4. The number of aromatic amines is 1. The molecule has 0 aliphatic heterocycles. The van der Waals surface area contributed by atoms with Gasteiger partial charge in [-0.05, 0) is 18.3 Å². The second-order valence-electron chi connectivity index (χ2n) is 5.17. The van der Waals surface area contributed by atoms with E-state index in [9.17, 15) is 9.59 Å². The summed E-state index contributed by atoms with van der Waals surface area (Å²) in [6.45, 7) is 0.380. The molecule has 0 radical (unpaired) electrons. The fourth-order valence-corrected chi connectivity index (χ4v) is 2.71. The monoisotopic (exact) mass is 266 g/mol. The third kappa shape index (κ3) is 3.52. The van der Waals surface area contributed by atoms with E-state index in [-0.39, 0.29) is 23.4 Å². The van der Waals surface area contributed by atoms with Gasteiger partial charge in [0.1, 0.15) is 0 Å².